The third kappa shape index (κ3) is 4.86. The minimum absolute atomic E-state index is 0.270. The third-order valence-electron chi connectivity index (χ3n) is 4.01. The minimum Gasteiger partial charge on any atom is -0.313 e. The highest BCUT2D eigenvalue weighted by Gasteiger charge is 2.27. The van der Waals surface area contributed by atoms with Crippen molar-refractivity contribution < 1.29 is 8.42 Å². The van der Waals surface area contributed by atoms with Crippen LogP contribution in [0.25, 0.3) is 0 Å². The van der Waals surface area contributed by atoms with E-state index in [4.69, 9.17) is 0 Å². The summed E-state index contributed by atoms with van der Waals surface area (Å²) in [6.45, 7) is 5.69. The van der Waals surface area contributed by atoms with Gasteiger partial charge in [-0.3, -0.25) is 0 Å². The summed E-state index contributed by atoms with van der Waals surface area (Å²) < 4.78 is 23.2. The van der Waals surface area contributed by atoms with Gasteiger partial charge in [-0.2, -0.15) is 0 Å². The summed E-state index contributed by atoms with van der Waals surface area (Å²) in [5.41, 5.74) is 0. The van der Waals surface area contributed by atoms with Gasteiger partial charge in [-0.25, -0.2) is 8.42 Å². The van der Waals surface area contributed by atoms with Gasteiger partial charge in [-0.1, -0.05) is 6.92 Å². The Balaban J connectivity index is 1.79. The van der Waals surface area contributed by atoms with E-state index >= 15 is 0 Å². The molecule has 1 saturated carbocycles. The summed E-state index contributed by atoms with van der Waals surface area (Å²) in [7, 11) is -2.83. The predicted molar refractivity (Wildman–Crippen MR) is 74.5 cm³/mol. The average molecular weight is 274 g/mol. The van der Waals surface area contributed by atoms with Crippen molar-refractivity contribution in [3.63, 3.8) is 0 Å². The van der Waals surface area contributed by atoms with Gasteiger partial charge in [0.1, 0.15) is 0 Å². The van der Waals surface area contributed by atoms with Gasteiger partial charge < -0.3 is 10.2 Å². The van der Waals surface area contributed by atoms with Crippen molar-refractivity contribution in [3.05, 3.63) is 0 Å². The maximum atomic E-state index is 11.6. The van der Waals surface area contributed by atoms with Gasteiger partial charge in [0.2, 0.25) is 0 Å². The van der Waals surface area contributed by atoms with Gasteiger partial charge in [-0.05, 0) is 38.1 Å². The Morgan fingerprint density at radius 3 is 2.56 bits per heavy atom. The Kier molecular flexibility index (Phi) is 5.04. The van der Waals surface area contributed by atoms with Crippen LogP contribution in [0.3, 0.4) is 0 Å². The molecule has 18 heavy (non-hydrogen) atoms. The van der Waals surface area contributed by atoms with Crippen LogP contribution in [0.1, 0.15) is 32.6 Å². The molecule has 1 aliphatic heterocycles. The Morgan fingerprint density at radius 1 is 1.22 bits per heavy atom. The normalized spacial score (nSPS) is 24.9. The van der Waals surface area contributed by atoms with Crippen molar-refractivity contribution >= 4 is 9.84 Å². The van der Waals surface area contributed by atoms with Crippen LogP contribution in [0.15, 0.2) is 0 Å². The lowest BCUT2D eigenvalue weighted by molar-refractivity contribution is 0.252. The second-order valence-corrected chi connectivity index (χ2v) is 8.21. The fourth-order valence-corrected chi connectivity index (χ4v) is 3.38. The molecule has 0 aromatic carbocycles. The van der Waals surface area contributed by atoms with Crippen LogP contribution in [-0.4, -0.2) is 57.0 Å². The summed E-state index contributed by atoms with van der Waals surface area (Å²) in [6, 6.07) is 0.577. The second kappa shape index (κ2) is 6.35. The molecule has 5 heteroatoms. The van der Waals surface area contributed by atoms with Crippen LogP contribution >= 0.6 is 0 Å². The van der Waals surface area contributed by atoms with E-state index < -0.39 is 9.84 Å². The largest absolute Gasteiger partial charge is 0.313 e. The topological polar surface area (TPSA) is 49.4 Å². The van der Waals surface area contributed by atoms with Crippen LogP contribution < -0.4 is 5.32 Å². The Bertz CT molecular complexity index is 346. The first-order valence-electron chi connectivity index (χ1n) is 7.25. The van der Waals surface area contributed by atoms with Gasteiger partial charge in [-0.15, -0.1) is 0 Å². The first kappa shape index (κ1) is 14.3. The van der Waals surface area contributed by atoms with E-state index in [1.807, 2.05) is 0 Å². The molecule has 0 spiro atoms. The Morgan fingerprint density at radius 2 is 2.00 bits per heavy atom. The Hall–Kier alpha value is -0.130. The van der Waals surface area contributed by atoms with Crippen molar-refractivity contribution in [2.24, 2.45) is 5.92 Å². The maximum Gasteiger partial charge on any atom is 0.151 e. The summed E-state index contributed by atoms with van der Waals surface area (Å²) in [5, 5.41) is 3.50. The number of nitrogens with zero attached hydrogens (tertiary/aromatic N) is 1. The molecule has 1 unspecified atom stereocenters. The standard InChI is InChI=1S/C13H26N2O2S/c1-2-18(16,17)9-8-15(10-12-5-6-12)11-13-4-3-7-14-13/h12-14H,2-11H2,1H3. The van der Waals surface area contributed by atoms with Crippen LogP contribution in [0.5, 0.6) is 0 Å². The van der Waals surface area contributed by atoms with Gasteiger partial charge >= 0.3 is 0 Å². The summed E-state index contributed by atoms with van der Waals surface area (Å²) in [5.74, 6) is 1.42. The number of nitrogens with one attached hydrogen (secondary N) is 1. The molecule has 106 valence electrons. The highest BCUT2D eigenvalue weighted by Crippen LogP contribution is 2.29. The van der Waals surface area contributed by atoms with E-state index in [0.717, 1.165) is 25.6 Å². The highest BCUT2D eigenvalue weighted by molar-refractivity contribution is 7.91. The van der Waals surface area contributed by atoms with E-state index in [2.05, 4.69) is 10.2 Å². The molecular formula is C13H26N2O2S. The second-order valence-electron chi connectivity index (χ2n) is 5.73. The molecule has 1 saturated heterocycles. The molecule has 2 fully saturated rings. The molecule has 1 N–H and O–H groups in total. The molecule has 2 rings (SSSR count). The van der Waals surface area contributed by atoms with Gasteiger partial charge in [0.05, 0.1) is 5.75 Å². The monoisotopic (exact) mass is 274 g/mol. The maximum absolute atomic E-state index is 11.6. The fourth-order valence-electron chi connectivity index (χ4n) is 2.56. The molecule has 0 aromatic heterocycles. The van der Waals surface area contributed by atoms with Crippen molar-refractivity contribution in [1.29, 1.82) is 0 Å². The summed E-state index contributed by atoms with van der Waals surface area (Å²) in [4.78, 5) is 2.37. The lowest BCUT2D eigenvalue weighted by Gasteiger charge is -2.25. The first-order valence-corrected chi connectivity index (χ1v) is 9.07. The third-order valence-corrected chi connectivity index (χ3v) is 5.70. The van der Waals surface area contributed by atoms with E-state index in [1.165, 1.54) is 25.7 Å². The molecule has 0 aromatic rings. The lowest BCUT2D eigenvalue weighted by atomic mass is 10.2. The quantitative estimate of drug-likeness (QED) is 0.714. The van der Waals surface area contributed by atoms with Crippen LogP contribution in [-0.2, 0) is 9.84 Å². The van der Waals surface area contributed by atoms with E-state index in [-0.39, 0.29) is 5.75 Å². The van der Waals surface area contributed by atoms with Gasteiger partial charge in [0.15, 0.2) is 9.84 Å². The number of rotatable bonds is 8. The molecule has 1 heterocycles. The average Bonchev–Trinajstić information content (AvgIpc) is 3.01. The zero-order valence-corrected chi connectivity index (χ0v) is 12.2. The van der Waals surface area contributed by atoms with Crippen molar-refractivity contribution in [2.75, 3.05) is 37.7 Å². The Labute approximate surface area is 111 Å². The zero-order valence-electron chi connectivity index (χ0n) is 11.4. The van der Waals surface area contributed by atoms with Gasteiger partial charge in [0, 0.05) is 31.4 Å². The van der Waals surface area contributed by atoms with Gasteiger partial charge in [0.25, 0.3) is 0 Å². The fraction of sp³-hybridized carbons (Fsp3) is 1.00. The van der Waals surface area contributed by atoms with Crippen LogP contribution in [0.2, 0.25) is 0 Å². The number of sulfone groups is 1. The molecular weight excluding hydrogens is 248 g/mol. The van der Waals surface area contributed by atoms with E-state index in [1.54, 1.807) is 6.92 Å². The van der Waals surface area contributed by atoms with Crippen LogP contribution in [0.4, 0.5) is 0 Å². The first-order chi connectivity index (χ1) is 8.59. The summed E-state index contributed by atoms with van der Waals surface area (Å²) in [6.07, 6.45) is 5.15. The summed E-state index contributed by atoms with van der Waals surface area (Å²) >= 11 is 0. The van der Waals surface area contributed by atoms with E-state index in [9.17, 15) is 8.42 Å². The molecule has 0 radical (unpaired) electrons. The number of hydrogen-bond donors (Lipinski definition) is 1. The lowest BCUT2D eigenvalue weighted by Crippen LogP contribution is -2.41. The molecule has 1 atom stereocenters. The SMILES string of the molecule is CCS(=O)(=O)CCN(CC1CC1)CC1CCCN1. The molecule has 0 amide bonds. The minimum atomic E-state index is -2.83. The highest BCUT2D eigenvalue weighted by atomic mass is 32.2. The zero-order chi connectivity index (χ0) is 13.0. The molecule has 1 aliphatic carbocycles. The van der Waals surface area contributed by atoms with E-state index in [0.29, 0.717) is 18.3 Å². The van der Waals surface area contributed by atoms with Crippen molar-refractivity contribution in [3.8, 4) is 0 Å². The smallest absolute Gasteiger partial charge is 0.151 e. The number of hydrogen-bond acceptors (Lipinski definition) is 4. The molecule has 4 nitrogen and oxygen atoms in total. The molecule has 2 aliphatic rings. The van der Waals surface area contributed by atoms with Crippen molar-refractivity contribution in [2.45, 2.75) is 38.6 Å². The van der Waals surface area contributed by atoms with Crippen molar-refractivity contribution in [1.82, 2.24) is 10.2 Å². The molecule has 0 bridgehead atoms. The predicted octanol–water partition coefficient (Wildman–Crippen LogP) is 0.885. The van der Waals surface area contributed by atoms with Crippen LogP contribution in [0, 0.1) is 5.92 Å².